The SMILES string of the molecule is NNC(N)=NC1C=CS(=O)(=O)C1. The van der Waals surface area contributed by atoms with Gasteiger partial charge in [0.1, 0.15) is 0 Å². The van der Waals surface area contributed by atoms with E-state index in [1.165, 1.54) is 6.08 Å². The molecule has 0 saturated heterocycles. The van der Waals surface area contributed by atoms with Crippen molar-refractivity contribution in [2.75, 3.05) is 5.75 Å². The number of hydrogen-bond donors (Lipinski definition) is 3. The van der Waals surface area contributed by atoms with Gasteiger partial charge in [0.15, 0.2) is 9.84 Å². The molecule has 0 aromatic rings. The van der Waals surface area contributed by atoms with Crippen molar-refractivity contribution in [2.45, 2.75) is 6.04 Å². The van der Waals surface area contributed by atoms with Gasteiger partial charge in [-0.05, 0) is 6.08 Å². The minimum atomic E-state index is -3.06. The number of hydrazine groups is 1. The van der Waals surface area contributed by atoms with Crippen LogP contribution in [0.2, 0.25) is 0 Å². The Morgan fingerprint density at radius 2 is 2.33 bits per heavy atom. The number of nitrogens with zero attached hydrogens (tertiary/aromatic N) is 1. The third-order valence-electron chi connectivity index (χ3n) is 1.36. The Balaban J connectivity index is 2.68. The number of aliphatic imine (C=N–C) groups is 1. The first-order chi connectivity index (χ1) is 5.53. The normalized spacial score (nSPS) is 27.4. The van der Waals surface area contributed by atoms with Crippen molar-refractivity contribution in [2.24, 2.45) is 16.6 Å². The molecule has 0 spiro atoms. The highest BCUT2D eigenvalue weighted by molar-refractivity contribution is 7.94. The van der Waals surface area contributed by atoms with Gasteiger partial charge in [0.25, 0.3) is 0 Å². The van der Waals surface area contributed by atoms with Gasteiger partial charge in [-0.25, -0.2) is 19.3 Å². The maximum Gasteiger partial charge on any atom is 0.203 e. The quantitative estimate of drug-likeness (QED) is 0.193. The third-order valence-corrected chi connectivity index (χ3v) is 2.74. The fraction of sp³-hybridized carbons (Fsp3) is 0.400. The second-order valence-corrected chi connectivity index (χ2v) is 4.32. The van der Waals surface area contributed by atoms with E-state index < -0.39 is 15.9 Å². The zero-order valence-electron chi connectivity index (χ0n) is 6.27. The van der Waals surface area contributed by atoms with Crippen molar-refractivity contribution >= 4 is 15.8 Å². The predicted octanol–water partition coefficient (Wildman–Crippen LogP) is -1.92. The molecule has 6 nitrogen and oxygen atoms in total. The van der Waals surface area contributed by atoms with Gasteiger partial charge >= 0.3 is 0 Å². The number of guanidine groups is 1. The number of hydrogen-bond acceptors (Lipinski definition) is 4. The van der Waals surface area contributed by atoms with Crippen molar-refractivity contribution < 1.29 is 8.42 Å². The zero-order chi connectivity index (χ0) is 9.19. The van der Waals surface area contributed by atoms with Crippen LogP contribution in [0, 0.1) is 0 Å². The van der Waals surface area contributed by atoms with Gasteiger partial charge in [-0.3, -0.25) is 5.43 Å². The van der Waals surface area contributed by atoms with Crippen LogP contribution in [0.15, 0.2) is 16.5 Å². The molecule has 1 heterocycles. The minimum Gasteiger partial charge on any atom is -0.369 e. The third kappa shape index (κ3) is 2.21. The molecule has 1 aliphatic rings. The summed E-state index contributed by atoms with van der Waals surface area (Å²) in [5.41, 5.74) is 7.34. The van der Waals surface area contributed by atoms with E-state index in [2.05, 4.69) is 10.4 Å². The Bertz CT molecular complexity index is 318. The maximum atomic E-state index is 10.9. The summed E-state index contributed by atoms with van der Waals surface area (Å²) in [5.74, 6) is 4.94. The van der Waals surface area contributed by atoms with Crippen LogP contribution in [0.4, 0.5) is 0 Å². The number of nitrogens with one attached hydrogen (secondary N) is 1. The summed E-state index contributed by atoms with van der Waals surface area (Å²) in [4.78, 5) is 3.78. The van der Waals surface area contributed by atoms with Crippen LogP contribution in [0.3, 0.4) is 0 Å². The van der Waals surface area contributed by atoms with Gasteiger partial charge in [0.05, 0.1) is 11.8 Å². The van der Waals surface area contributed by atoms with Gasteiger partial charge in [-0.2, -0.15) is 0 Å². The smallest absolute Gasteiger partial charge is 0.203 e. The molecule has 0 amide bonds. The highest BCUT2D eigenvalue weighted by atomic mass is 32.2. The zero-order valence-corrected chi connectivity index (χ0v) is 7.08. The Labute approximate surface area is 70.2 Å². The van der Waals surface area contributed by atoms with Gasteiger partial charge in [0.2, 0.25) is 5.96 Å². The lowest BCUT2D eigenvalue weighted by atomic mass is 10.4. The maximum absolute atomic E-state index is 10.9. The second kappa shape index (κ2) is 3.11. The fourth-order valence-corrected chi connectivity index (χ4v) is 2.05. The first kappa shape index (κ1) is 9.01. The molecule has 1 rings (SSSR count). The fourth-order valence-electron chi connectivity index (χ4n) is 0.856. The molecule has 0 aliphatic carbocycles. The predicted molar refractivity (Wildman–Crippen MR) is 45.7 cm³/mol. The number of rotatable bonds is 1. The molecule has 0 fully saturated rings. The average molecular weight is 190 g/mol. The molecular weight excluding hydrogens is 180 g/mol. The van der Waals surface area contributed by atoms with E-state index in [1.54, 1.807) is 0 Å². The summed E-state index contributed by atoms with van der Waals surface area (Å²) in [5, 5.41) is 1.13. The van der Waals surface area contributed by atoms with E-state index in [0.717, 1.165) is 5.41 Å². The first-order valence-corrected chi connectivity index (χ1v) is 4.96. The molecule has 0 aromatic heterocycles. The van der Waals surface area contributed by atoms with Crippen molar-refractivity contribution in [3.8, 4) is 0 Å². The molecule has 12 heavy (non-hydrogen) atoms. The molecule has 68 valence electrons. The average Bonchev–Trinajstić information content (AvgIpc) is 2.30. The van der Waals surface area contributed by atoms with Crippen molar-refractivity contribution in [3.63, 3.8) is 0 Å². The highest BCUT2D eigenvalue weighted by Gasteiger charge is 2.20. The van der Waals surface area contributed by atoms with Crippen LogP contribution in [-0.2, 0) is 9.84 Å². The topological polar surface area (TPSA) is 111 Å². The van der Waals surface area contributed by atoms with E-state index >= 15 is 0 Å². The van der Waals surface area contributed by atoms with Gasteiger partial charge in [0, 0.05) is 5.41 Å². The number of nitrogens with two attached hydrogens (primary N) is 2. The summed E-state index contributed by atoms with van der Waals surface area (Å²) in [6.45, 7) is 0. The molecular formula is C5H10N4O2S. The Kier molecular flexibility index (Phi) is 2.34. The molecule has 7 heteroatoms. The van der Waals surface area contributed by atoms with Crippen LogP contribution in [-0.4, -0.2) is 26.2 Å². The van der Waals surface area contributed by atoms with E-state index in [1.807, 2.05) is 0 Å². The van der Waals surface area contributed by atoms with Gasteiger partial charge in [-0.15, -0.1) is 0 Å². The lowest BCUT2D eigenvalue weighted by Gasteiger charge is -2.01. The van der Waals surface area contributed by atoms with Crippen LogP contribution in [0.1, 0.15) is 0 Å². The molecule has 1 unspecified atom stereocenters. The van der Waals surface area contributed by atoms with Crippen LogP contribution >= 0.6 is 0 Å². The summed E-state index contributed by atoms with van der Waals surface area (Å²) >= 11 is 0. The number of sulfone groups is 1. The molecule has 0 saturated carbocycles. The Morgan fingerprint density at radius 1 is 1.67 bits per heavy atom. The largest absolute Gasteiger partial charge is 0.369 e. The lowest BCUT2D eigenvalue weighted by Crippen LogP contribution is -2.38. The van der Waals surface area contributed by atoms with E-state index in [-0.39, 0.29) is 11.7 Å². The Morgan fingerprint density at radius 3 is 2.75 bits per heavy atom. The van der Waals surface area contributed by atoms with E-state index in [0.29, 0.717) is 0 Å². The van der Waals surface area contributed by atoms with E-state index in [9.17, 15) is 8.42 Å². The summed E-state index contributed by atoms with van der Waals surface area (Å²) < 4.78 is 21.7. The summed E-state index contributed by atoms with van der Waals surface area (Å²) in [7, 11) is -3.06. The highest BCUT2D eigenvalue weighted by Crippen LogP contribution is 2.10. The molecule has 5 N–H and O–H groups in total. The molecule has 0 bridgehead atoms. The van der Waals surface area contributed by atoms with Gasteiger partial charge in [-0.1, -0.05) is 0 Å². The van der Waals surface area contributed by atoms with Crippen molar-refractivity contribution in [1.29, 1.82) is 0 Å². The monoisotopic (exact) mass is 190 g/mol. The summed E-state index contributed by atoms with van der Waals surface area (Å²) in [6, 6.07) is -0.411. The van der Waals surface area contributed by atoms with Crippen LogP contribution < -0.4 is 17.0 Å². The van der Waals surface area contributed by atoms with E-state index in [4.69, 9.17) is 11.6 Å². The standard InChI is InChI=1S/C5H10N4O2S/c6-5(9-7)8-4-1-2-12(10,11)3-4/h1-2,4H,3,7H2,(H3,6,8,9). The van der Waals surface area contributed by atoms with Crippen molar-refractivity contribution in [1.82, 2.24) is 5.43 Å². The molecule has 1 atom stereocenters. The van der Waals surface area contributed by atoms with Gasteiger partial charge < -0.3 is 5.73 Å². The summed E-state index contributed by atoms with van der Waals surface area (Å²) in [6.07, 6.45) is 1.47. The molecule has 0 aromatic carbocycles. The first-order valence-electron chi connectivity index (χ1n) is 3.24. The lowest BCUT2D eigenvalue weighted by molar-refractivity contribution is 0.604. The van der Waals surface area contributed by atoms with Crippen molar-refractivity contribution in [3.05, 3.63) is 11.5 Å². The van der Waals surface area contributed by atoms with Crippen LogP contribution in [0.5, 0.6) is 0 Å². The molecule has 1 aliphatic heterocycles. The second-order valence-electron chi connectivity index (χ2n) is 2.38. The Hall–Kier alpha value is -1.08. The minimum absolute atomic E-state index is 0.0294. The molecule has 0 radical (unpaired) electrons. The van der Waals surface area contributed by atoms with Crippen LogP contribution in [0.25, 0.3) is 0 Å².